The molecule has 0 bridgehead atoms. The van der Waals surface area contributed by atoms with E-state index in [1.165, 1.54) is 6.07 Å². The van der Waals surface area contributed by atoms with E-state index in [2.05, 4.69) is 5.11 Å². The number of nitro benzene ring substituents is 1. The summed E-state index contributed by atoms with van der Waals surface area (Å²) in [5.74, 6) is 0. The summed E-state index contributed by atoms with van der Waals surface area (Å²) in [6.45, 7) is 3.55. The molecule has 0 amide bonds. The maximum Gasteiger partial charge on any atom is 0.274 e. The van der Waals surface area contributed by atoms with E-state index in [-0.39, 0.29) is 11.4 Å². The standard InChI is InChI=1S/C14H13N3O3/c1-10-3-7-13(8-4-10)16(18)15-12-6-5-11(2)14(9-12)17(19)20/h3-9H,1-2H3. The van der Waals surface area contributed by atoms with E-state index in [1.54, 1.807) is 43.3 Å². The van der Waals surface area contributed by atoms with Crippen molar-refractivity contribution in [2.24, 2.45) is 5.11 Å². The fraction of sp³-hybridized carbons (Fsp3) is 0.143. The highest BCUT2D eigenvalue weighted by Gasteiger charge is 2.12. The van der Waals surface area contributed by atoms with Gasteiger partial charge < -0.3 is 5.21 Å². The molecule has 0 aromatic heterocycles. The third-order valence-corrected chi connectivity index (χ3v) is 2.85. The monoisotopic (exact) mass is 271 g/mol. The lowest BCUT2D eigenvalue weighted by atomic mass is 10.2. The summed E-state index contributed by atoms with van der Waals surface area (Å²) in [5.41, 5.74) is 2.13. The zero-order valence-corrected chi connectivity index (χ0v) is 11.1. The van der Waals surface area contributed by atoms with E-state index in [0.717, 1.165) is 5.56 Å². The van der Waals surface area contributed by atoms with Crippen LogP contribution in [-0.4, -0.2) is 9.78 Å². The van der Waals surface area contributed by atoms with Gasteiger partial charge in [0, 0.05) is 28.9 Å². The molecule has 0 atom stereocenters. The number of nitrogens with zero attached hydrogens (tertiary/aromatic N) is 3. The molecule has 6 heteroatoms. The number of rotatable bonds is 3. The molecule has 0 radical (unpaired) electrons. The van der Waals surface area contributed by atoms with Crippen LogP contribution < -0.4 is 0 Å². The summed E-state index contributed by atoms with van der Waals surface area (Å²) >= 11 is 0. The number of nitro groups is 1. The Morgan fingerprint density at radius 1 is 1.00 bits per heavy atom. The molecule has 0 fully saturated rings. The van der Waals surface area contributed by atoms with Gasteiger partial charge in [-0.1, -0.05) is 28.6 Å². The lowest BCUT2D eigenvalue weighted by Gasteiger charge is -2.01. The number of benzene rings is 2. The summed E-state index contributed by atoms with van der Waals surface area (Å²) in [7, 11) is 0. The molecule has 0 heterocycles. The molecule has 0 spiro atoms. The Kier molecular flexibility index (Phi) is 3.74. The van der Waals surface area contributed by atoms with Crippen LogP contribution >= 0.6 is 0 Å². The van der Waals surface area contributed by atoms with Gasteiger partial charge in [0.2, 0.25) is 5.69 Å². The minimum atomic E-state index is -0.491. The van der Waals surface area contributed by atoms with Crippen LogP contribution in [0.4, 0.5) is 17.1 Å². The number of azo groups is 1. The van der Waals surface area contributed by atoms with Gasteiger partial charge in [-0.2, -0.15) is 0 Å². The van der Waals surface area contributed by atoms with E-state index >= 15 is 0 Å². The van der Waals surface area contributed by atoms with E-state index in [4.69, 9.17) is 0 Å². The molecule has 0 aliphatic rings. The first-order valence-corrected chi connectivity index (χ1v) is 5.98. The van der Waals surface area contributed by atoms with Crippen molar-refractivity contribution in [3.05, 3.63) is 68.9 Å². The number of aryl methyl sites for hydroxylation is 2. The van der Waals surface area contributed by atoms with Crippen LogP contribution in [0.1, 0.15) is 11.1 Å². The van der Waals surface area contributed by atoms with Gasteiger partial charge in [0.15, 0.2) is 0 Å². The minimum Gasteiger partial charge on any atom is -0.594 e. The highest BCUT2D eigenvalue weighted by atomic mass is 16.6. The first-order chi connectivity index (χ1) is 9.47. The van der Waals surface area contributed by atoms with Gasteiger partial charge in [-0.3, -0.25) is 10.1 Å². The van der Waals surface area contributed by atoms with Crippen molar-refractivity contribution >= 4 is 17.1 Å². The van der Waals surface area contributed by atoms with Crippen LogP contribution in [0.15, 0.2) is 47.6 Å². The summed E-state index contributed by atoms with van der Waals surface area (Å²) < 4.78 is 0. The van der Waals surface area contributed by atoms with Crippen molar-refractivity contribution in [2.45, 2.75) is 13.8 Å². The third-order valence-electron chi connectivity index (χ3n) is 2.85. The first kappa shape index (κ1) is 13.7. The third kappa shape index (κ3) is 2.97. The Bertz CT molecular complexity index is 679. The summed E-state index contributed by atoms with van der Waals surface area (Å²) in [4.78, 5) is 10.8. The first-order valence-electron chi connectivity index (χ1n) is 5.98. The van der Waals surface area contributed by atoms with Gasteiger partial charge in [-0.25, -0.2) is 0 Å². The summed E-state index contributed by atoms with van der Waals surface area (Å²) in [6.07, 6.45) is 0. The lowest BCUT2D eigenvalue weighted by Crippen LogP contribution is -1.93. The average molecular weight is 271 g/mol. The molecule has 6 nitrogen and oxygen atoms in total. The molecular formula is C14H13N3O3. The second-order valence-corrected chi connectivity index (χ2v) is 4.44. The highest BCUT2D eigenvalue weighted by molar-refractivity contribution is 5.51. The molecule has 2 aromatic carbocycles. The second kappa shape index (κ2) is 5.48. The second-order valence-electron chi connectivity index (χ2n) is 4.44. The van der Waals surface area contributed by atoms with Crippen molar-refractivity contribution in [3.63, 3.8) is 0 Å². The van der Waals surface area contributed by atoms with Crippen molar-refractivity contribution in [2.75, 3.05) is 0 Å². The van der Waals surface area contributed by atoms with Crippen LogP contribution in [0.3, 0.4) is 0 Å². The zero-order valence-electron chi connectivity index (χ0n) is 11.1. The van der Waals surface area contributed by atoms with E-state index < -0.39 is 4.92 Å². The van der Waals surface area contributed by atoms with Gasteiger partial charge in [0.25, 0.3) is 5.69 Å². The Morgan fingerprint density at radius 3 is 2.25 bits per heavy atom. The van der Waals surface area contributed by atoms with Gasteiger partial charge >= 0.3 is 0 Å². The molecule has 0 aliphatic heterocycles. The van der Waals surface area contributed by atoms with Gasteiger partial charge in [-0.15, -0.1) is 0 Å². The number of hydrogen-bond donors (Lipinski definition) is 0. The highest BCUT2D eigenvalue weighted by Crippen LogP contribution is 2.25. The van der Waals surface area contributed by atoms with Gasteiger partial charge in [-0.05, 0) is 19.9 Å². The van der Waals surface area contributed by atoms with Crippen molar-refractivity contribution in [3.8, 4) is 0 Å². The molecule has 102 valence electrons. The van der Waals surface area contributed by atoms with Gasteiger partial charge in [0.1, 0.15) is 5.69 Å². The average Bonchev–Trinajstić information content (AvgIpc) is 2.41. The molecule has 0 saturated carbocycles. The van der Waals surface area contributed by atoms with Crippen LogP contribution in [0, 0.1) is 29.2 Å². The molecule has 0 unspecified atom stereocenters. The van der Waals surface area contributed by atoms with E-state index in [0.29, 0.717) is 16.1 Å². The largest absolute Gasteiger partial charge is 0.594 e. The lowest BCUT2D eigenvalue weighted by molar-refractivity contribution is -0.435. The van der Waals surface area contributed by atoms with E-state index in [9.17, 15) is 15.3 Å². The SMILES string of the molecule is Cc1ccc([N+]([O-])=Nc2ccc(C)c([N+](=O)[O-])c2)cc1. The summed E-state index contributed by atoms with van der Waals surface area (Å²) in [5, 5.41) is 26.5. The van der Waals surface area contributed by atoms with Crippen LogP contribution in [-0.2, 0) is 0 Å². The van der Waals surface area contributed by atoms with Crippen molar-refractivity contribution in [1.82, 2.24) is 0 Å². The van der Waals surface area contributed by atoms with E-state index in [1.807, 2.05) is 6.92 Å². The van der Waals surface area contributed by atoms with Gasteiger partial charge in [0.05, 0.1) is 4.92 Å². The molecule has 2 rings (SSSR count). The normalized spacial score (nSPS) is 11.4. The molecule has 0 aliphatic carbocycles. The van der Waals surface area contributed by atoms with Crippen LogP contribution in [0.25, 0.3) is 0 Å². The van der Waals surface area contributed by atoms with Crippen LogP contribution in [0.2, 0.25) is 0 Å². The smallest absolute Gasteiger partial charge is 0.274 e. The van der Waals surface area contributed by atoms with Crippen molar-refractivity contribution < 1.29 is 9.78 Å². The quantitative estimate of drug-likeness (QED) is 0.364. The fourth-order valence-corrected chi connectivity index (χ4v) is 1.69. The predicted molar refractivity (Wildman–Crippen MR) is 74.4 cm³/mol. The molecule has 20 heavy (non-hydrogen) atoms. The molecule has 0 saturated heterocycles. The maximum atomic E-state index is 11.9. The molecular weight excluding hydrogens is 258 g/mol. The Morgan fingerprint density at radius 2 is 1.65 bits per heavy atom. The Labute approximate surface area is 115 Å². The Hall–Kier alpha value is -2.76. The molecule has 0 N–H and O–H groups in total. The maximum absolute atomic E-state index is 11.9. The Balaban J connectivity index is 2.37. The topological polar surface area (TPSA) is 81.6 Å². The summed E-state index contributed by atoms with van der Waals surface area (Å²) in [6, 6.07) is 11.3. The molecule has 2 aromatic rings. The predicted octanol–water partition coefficient (Wildman–Crippen LogP) is 4.14. The van der Waals surface area contributed by atoms with Crippen LogP contribution in [0.5, 0.6) is 0 Å². The zero-order chi connectivity index (χ0) is 14.7. The minimum absolute atomic E-state index is 0.0523. The fourth-order valence-electron chi connectivity index (χ4n) is 1.69. The number of hydrogen-bond acceptors (Lipinski definition) is 4. The van der Waals surface area contributed by atoms with Crippen molar-refractivity contribution in [1.29, 1.82) is 0 Å².